The van der Waals surface area contributed by atoms with E-state index < -0.39 is 8.65 Å². The normalized spacial score (nSPS) is 28.9. The third-order valence-corrected chi connectivity index (χ3v) is 4.86. The van der Waals surface area contributed by atoms with Crippen LogP contribution in [0, 0.1) is 5.41 Å². The Morgan fingerprint density at radius 1 is 1.44 bits per heavy atom. The first-order valence-electron chi connectivity index (χ1n) is 5.37. The minimum atomic E-state index is -0.664. The van der Waals surface area contributed by atoms with Crippen LogP contribution in [-0.4, -0.2) is 22.1 Å². The second-order valence-corrected chi connectivity index (χ2v) is 8.05. The van der Waals surface area contributed by atoms with Gasteiger partial charge >= 0.3 is 5.97 Å². The number of esters is 1. The van der Waals surface area contributed by atoms with Crippen LogP contribution in [-0.2, 0) is 14.3 Å². The molecule has 0 heterocycles. The number of carbonyl (C=O) groups is 2. The van der Waals surface area contributed by atoms with Gasteiger partial charge in [-0.05, 0) is 25.7 Å². The fourth-order valence-electron chi connectivity index (χ4n) is 2.24. The summed E-state index contributed by atoms with van der Waals surface area (Å²) >= 11 is 6.80. The van der Waals surface area contributed by atoms with Gasteiger partial charge in [-0.25, -0.2) is 0 Å². The number of Topliss-reactive ketones (excluding diaryl/α,β-unsaturated/α-hetero) is 1. The van der Waals surface area contributed by atoms with E-state index in [2.05, 4.69) is 36.6 Å². The van der Waals surface area contributed by atoms with Crippen molar-refractivity contribution in [3.63, 3.8) is 0 Å². The van der Waals surface area contributed by atoms with E-state index in [0.29, 0.717) is 6.42 Å². The summed E-state index contributed by atoms with van der Waals surface area (Å²) in [6, 6.07) is 0. The Bertz CT molecular complexity index is 302. The van der Waals surface area contributed by atoms with E-state index in [9.17, 15) is 9.59 Å². The van der Waals surface area contributed by atoms with Crippen LogP contribution >= 0.6 is 31.9 Å². The molecule has 0 aliphatic heterocycles. The summed E-state index contributed by atoms with van der Waals surface area (Å²) in [6.07, 6.45) is 3.29. The highest BCUT2D eigenvalue weighted by Crippen LogP contribution is 2.49. The van der Waals surface area contributed by atoms with Crippen molar-refractivity contribution < 1.29 is 14.3 Å². The Morgan fingerprint density at radius 2 is 2.06 bits per heavy atom. The molecule has 0 saturated heterocycles. The first-order valence-corrected chi connectivity index (χ1v) is 6.96. The van der Waals surface area contributed by atoms with Crippen molar-refractivity contribution in [3.8, 4) is 0 Å². The van der Waals surface area contributed by atoms with E-state index in [1.807, 2.05) is 6.92 Å². The van der Waals surface area contributed by atoms with Crippen molar-refractivity contribution in [2.45, 2.75) is 42.3 Å². The number of halogens is 2. The number of hydrogen-bond donors (Lipinski definition) is 0. The zero-order valence-corrected chi connectivity index (χ0v) is 12.7. The molecule has 1 atom stereocenters. The lowest BCUT2D eigenvalue weighted by Crippen LogP contribution is -2.46. The maximum atomic E-state index is 12.3. The van der Waals surface area contributed by atoms with Gasteiger partial charge in [0.05, 0.1) is 13.5 Å². The van der Waals surface area contributed by atoms with Crippen LogP contribution in [0.4, 0.5) is 0 Å². The minimum Gasteiger partial charge on any atom is -0.469 e. The van der Waals surface area contributed by atoms with Gasteiger partial charge in [0.25, 0.3) is 0 Å². The fourth-order valence-corrected chi connectivity index (χ4v) is 3.65. The maximum absolute atomic E-state index is 12.3. The average Bonchev–Trinajstić information content (AvgIpc) is 2.24. The third kappa shape index (κ3) is 2.67. The van der Waals surface area contributed by atoms with Crippen LogP contribution in [0.5, 0.6) is 0 Å². The Hall–Kier alpha value is 0.1000. The number of carbonyl (C=O) groups excluding carboxylic acids is 2. The molecule has 1 aliphatic rings. The third-order valence-electron chi connectivity index (χ3n) is 3.35. The monoisotopic (exact) mass is 354 g/mol. The molecule has 0 aromatic carbocycles. The summed E-state index contributed by atoms with van der Waals surface area (Å²) < 4.78 is 4.01. The average molecular weight is 356 g/mol. The van der Waals surface area contributed by atoms with Crippen molar-refractivity contribution in [1.82, 2.24) is 0 Å². The largest absolute Gasteiger partial charge is 0.469 e. The molecule has 0 N–H and O–H groups in total. The van der Waals surface area contributed by atoms with Crippen LogP contribution in [0.25, 0.3) is 0 Å². The van der Waals surface area contributed by atoms with Gasteiger partial charge in [-0.3, -0.25) is 9.59 Å². The Kier molecular flexibility index (Phi) is 4.57. The predicted octanol–water partition coefficient (Wildman–Crippen LogP) is 3.19. The van der Waals surface area contributed by atoms with E-state index in [1.54, 1.807) is 0 Å². The number of alkyl halides is 2. The van der Waals surface area contributed by atoms with Gasteiger partial charge in [0.15, 0.2) is 5.78 Å². The number of ether oxygens (including phenoxy) is 1. The maximum Gasteiger partial charge on any atom is 0.306 e. The Balaban J connectivity index is 2.94. The molecule has 0 aromatic heterocycles. The van der Waals surface area contributed by atoms with Gasteiger partial charge in [-0.1, -0.05) is 38.8 Å². The molecule has 0 aromatic rings. The molecule has 0 spiro atoms. The van der Waals surface area contributed by atoms with E-state index in [-0.39, 0.29) is 18.2 Å². The minimum absolute atomic E-state index is 0.0687. The Morgan fingerprint density at radius 3 is 2.56 bits per heavy atom. The highest BCUT2D eigenvalue weighted by atomic mass is 79.9. The summed E-state index contributed by atoms with van der Waals surface area (Å²) in [4.78, 5) is 23.7. The first kappa shape index (κ1) is 14.2. The van der Waals surface area contributed by atoms with Crippen molar-refractivity contribution >= 4 is 43.6 Å². The van der Waals surface area contributed by atoms with Crippen LogP contribution in [0.2, 0.25) is 0 Å². The summed E-state index contributed by atoms with van der Waals surface area (Å²) in [6.45, 7) is 1.95. The molecule has 16 heavy (non-hydrogen) atoms. The lowest BCUT2D eigenvalue weighted by Gasteiger charge is -2.40. The summed E-state index contributed by atoms with van der Waals surface area (Å²) in [5, 5.41) is 0. The lowest BCUT2D eigenvalue weighted by molar-refractivity contribution is -0.149. The number of ketones is 1. The highest BCUT2D eigenvalue weighted by Gasteiger charge is 2.50. The summed E-state index contributed by atoms with van der Waals surface area (Å²) in [5.74, 6) is -0.243. The molecular formula is C11H16Br2O3. The molecule has 0 radical (unpaired) electrons. The Labute approximate surface area is 113 Å². The topological polar surface area (TPSA) is 43.4 Å². The molecule has 1 fully saturated rings. The van der Waals surface area contributed by atoms with E-state index in [4.69, 9.17) is 0 Å². The van der Waals surface area contributed by atoms with Gasteiger partial charge < -0.3 is 4.74 Å². The molecular weight excluding hydrogens is 340 g/mol. The second-order valence-electron chi connectivity index (χ2n) is 4.27. The van der Waals surface area contributed by atoms with Crippen LogP contribution < -0.4 is 0 Å². The zero-order chi connectivity index (χ0) is 12.4. The second kappa shape index (κ2) is 5.17. The van der Waals surface area contributed by atoms with Crippen molar-refractivity contribution in [2.24, 2.45) is 5.41 Å². The molecule has 1 unspecified atom stereocenters. The molecule has 1 saturated carbocycles. The highest BCUT2D eigenvalue weighted by molar-refractivity contribution is 9.25. The van der Waals surface area contributed by atoms with Crippen molar-refractivity contribution in [2.75, 3.05) is 7.11 Å². The van der Waals surface area contributed by atoms with E-state index in [0.717, 1.165) is 19.3 Å². The van der Waals surface area contributed by atoms with Crippen molar-refractivity contribution in [3.05, 3.63) is 0 Å². The van der Waals surface area contributed by atoms with Gasteiger partial charge in [0, 0.05) is 5.41 Å². The molecule has 1 rings (SSSR count). The van der Waals surface area contributed by atoms with Gasteiger partial charge in [-0.15, -0.1) is 0 Å². The quantitative estimate of drug-likeness (QED) is 0.576. The molecule has 0 bridgehead atoms. The van der Waals surface area contributed by atoms with Gasteiger partial charge in [0.1, 0.15) is 3.23 Å². The zero-order valence-electron chi connectivity index (χ0n) is 9.52. The molecule has 1 aliphatic carbocycles. The smallest absolute Gasteiger partial charge is 0.306 e. The van der Waals surface area contributed by atoms with Crippen LogP contribution in [0.3, 0.4) is 0 Å². The molecule has 3 nitrogen and oxygen atoms in total. The SMILES string of the molecule is CCC1(CC(=O)OC)CCCC(Br)(Br)C1=O. The number of methoxy groups -OCH3 is 1. The first-order chi connectivity index (χ1) is 7.38. The van der Waals surface area contributed by atoms with Crippen molar-refractivity contribution in [1.29, 1.82) is 0 Å². The summed E-state index contributed by atoms with van der Waals surface area (Å²) in [7, 11) is 1.36. The standard InChI is InChI=1S/C11H16Br2O3/c1-3-10(7-8(14)16-2)5-4-6-11(12,13)9(10)15/h3-7H2,1-2H3. The van der Waals surface area contributed by atoms with E-state index in [1.165, 1.54) is 7.11 Å². The predicted molar refractivity (Wildman–Crippen MR) is 68.8 cm³/mol. The van der Waals surface area contributed by atoms with Crippen LogP contribution in [0.1, 0.15) is 39.0 Å². The fraction of sp³-hybridized carbons (Fsp3) is 0.818. The lowest BCUT2D eigenvalue weighted by atomic mass is 9.69. The molecule has 92 valence electrons. The molecule has 5 heteroatoms. The van der Waals surface area contributed by atoms with Gasteiger partial charge in [-0.2, -0.15) is 0 Å². The number of rotatable bonds is 3. The van der Waals surface area contributed by atoms with Crippen LogP contribution in [0.15, 0.2) is 0 Å². The molecule has 0 amide bonds. The number of hydrogen-bond acceptors (Lipinski definition) is 3. The van der Waals surface area contributed by atoms with Gasteiger partial charge in [0.2, 0.25) is 0 Å². The van der Waals surface area contributed by atoms with E-state index >= 15 is 0 Å². The summed E-state index contributed by atoms with van der Waals surface area (Å²) in [5.41, 5.74) is -0.571.